The second kappa shape index (κ2) is 5.36. The SMILES string of the molecule is Cc1ccc(C(=O)OCc2ccc3c(c2)OCO3)c(O)c1. The maximum absolute atomic E-state index is 11.9. The van der Waals surface area contributed by atoms with Crippen LogP contribution in [0.5, 0.6) is 17.2 Å². The van der Waals surface area contributed by atoms with E-state index in [0.29, 0.717) is 11.5 Å². The normalized spacial score (nSPS) is 12.2. The molecule has 2 aromatic rings. The summed E-state index contributed by atoms with van der Waals surface area (Å²) in [6, 6.07) is 10.2. The molecule has 1 N–H and O–H groups in total. The van der Waals surface area contributed by atoms with Gasteiger partial charge in [-0.1, -0.05) is 12.1 Å². The number of aryl methyl sites for hydroxylation is 1. The maximum atomic E-state index is 11.9. The van der Waals surface area contributed by atoms with Gasteiger partial charge in [-0.2, -0.15) is 0 Å². The molecule has 0 atom stereocenters. The van der Waals surface area contributed by atoms with Crippen molar-refractivity contribution in [3.05, 3.63) is 53.1 Å². The average Bonchev–Trinajstić information content (AvgIpc) is 2.92. The fraction of sp³-hybridized carbons (Fsp3) is 0.188. The summed E-state index contributed by atoms with van der Waals surface area (Å²) in [5.41, 5.74) is 1.82. The largest absolute Gasteiger partial charge is 0.507 e. The molecule has 1 heterocycles. The zero-order valence-electron chi connectivity index (χ0n) is 11.5. The first-order valence-corrected chi connectivity index (χ1v) is 6.49. The minimum absolute atomic E-state index is 0.0781. The van der Waals surface area contributed by atoms with E-state index in [2.05, 4.69) is 0 Å². The van der Waals surface area contributed by atoms with E-state index < -0.39 is 5.97 Å². The third kappa shape index (κ3) is 2.76. The van der Waals surface area contributed by atoms with Crippen LogP contribution in [0.1, 0.15) is 21.5 Å². The van der Waals surface area contributed by atoms with Gasteiger partial charge < -0.3 is 19.3 Å². The zero-order chi connectivity index (χ0) is 14.8. The highest BCUT2D eigenvalue weighted by molar-refractivity contribution is 5.92. The van der Waals surface area contributed by atoms with E-state index in [1.807, 2.05) is 6.92 Å². The number of aromatic hydroxyl groups is 1. The highest BCUT2D eigenvalue weighted by Crippen LogP contribution is 2.32. The molecule has 0 radical (unpaired) electrons. The number of hydrogen-bond acceptors (Lipinski definition) is 5. The minimum atomic E-state index is -0.565. The van der Waals surface area contributed by atoms with Crippen LogP contribution in [0.25, 0.3) is 0 Å². The summed E-state index contributed by atoms with van der Waals surface area (Å²) >= 11 is 0. The zero-order valence-corrected chi connectivity index (χ0v) is 11.5. The van der Waals surface area contributed by atoms with Gasteiger partial charge in [0.1, 0.15) is 17.9 Å². The first-order chi connectivity index (χ1) is 10.1. The van der Waals surface area contributed by atoms with Gasteiger partial charge in [-0.05, 0) is 42.3 Å². The van der Waals surface area contributed by atoms with Crippen LogP contribution in [0.3, 0.4) is 0 Å². The molecule has 21 heavy (non-hydrogen) atoms. The van der Waals surface area contributed by atoms with Gasteiger partial charge in [0.15, 0.2) is 11.5 Å². The van der Waals surface area contributed by atoms with Crippen LogP contribution in [0, 0.1) is 6.92 Å². The molecule has 0 saturated carbocycles. The summed E-state index contributed by atoms with van der Waals surface area (Å²) in [5, 5.41) is 9.75. The van der Waals surface area contributed by atoms with E-state index in [-0.39, 0.29) is 24.7 Å². The number of carbonyl (C=O) groups is 1. The highest BCUT2D eigenvalue weighted by Gasteiger charge is 2.15. The molecule has 2 aromatic carbocycles. The number of phenolic OH excluding ortho intramolecular Hbond substituents is 1. The van der Waals surface area contributed by atoms with Crippen molar-refractivity contribution in [2.24, 2.45) is 0 Å². The van der Waals surface area contributed by atoms with Crippen LogP contribution >= 0.6 is 0 Å². The number of rotatable bonds is 3. The van der Waals surface area contributed by atoms with Crippen molar-refractivity contribution in [2.75, 3.05) is 6.79 Å². The Balaban J connectivity index is 1.68. The summed E-state index contributed by atoms with van der Waals surface area (Å²) in [7, 11) is 0. The van der Waals surface area contributed by atoms with E-state index in [9.17, 15) is 9.90 Å². The molecule has 5 nitrogen and oxygen atoms in total. The second-order valence-corrected chi connectivity index (χ2v) is 4.78. The molecule has 0 unspecified atom stereocenters. The van der Waals surface area contributed by atoms with Gasteiger partial charge >= 0.3 is 5.97 Å². The Morgan fingerprint density at radius 1 is 1.19 bits per heavy atom. The predicted octanol–water partition coefficient (Wildman–Crippen LogP) is 2.79. The molecule has 0 bridgehead atoms. The van der Waals surface area contributed by atoms with Crippen molar-refractivity contribution in [1.82, 2.24) is 0 Å². The number of fused-ring (bicyclic) bond motifs is 1. The van der Waals surface area contributed by atoms with E-state index in [4.69, 9.17) is 14.2 Å². The molecule has 0 aromatic heterocycles. The molecule has 5 heteroatoms. The molecule has 1 aliphatic rings. The van der Waals surface area contributed by atoms with Gasteiger partial charge in [0.05, 0.1) is 0 Å². The molecule has 0 spiro atoms. The fourth-order valence-corrected chi connectivity index (χ4v) is 2.07. The fourth-order valence-electron chi connectivity index (χ4n) is 2.07. The van der Waals surface area contributed by atoms with Crippen molar-refractivity contribution in [3.63, 3.8) is 0 Å². The summed E-state index contributed by atoms with van der Waals surface area (Å²) in [6.45, 7) is 2.14. The Morgan fingerprint density at radius 2 is 2.00 bits per heavy atom. The van der Waals surface area contributed by atoms with Gasteiger partial charge in [0.25, 0.3) is 0 Å². The summed E-state index contributed by atoms with van der Waals surface area (Å²) in [5.74, 6) is 0.679. The Bertz CT molecular complexity index is 693. The average molecular weight is 286 g/mol. The van der Waals surface area contributed by atoms with Gasteiger partial charge in [-0.25, -0.2) is 4.79 Å². The van der Waals surface area contributed by atoms with Crippen molar-refractivity contribution in [3.8, 4) is 17.2 Å². The first-order valence-electron chi connectivity index (χ1n) is 6.49. The number of esters is 1. The van der Waals surface area contributed by atoms with Crippen molar-refractivity contribution < 1.29 is 24.1 Å². The topological polar surface area (TPSA) is 65.0 Å². The lowest BCUT2D eigenvalue weighted by Crippen LogP contribution is -2.05. The summed E-state index contributed by atoms with van der Waals surface area (Å²) in [6.07, 6.45) is 0. The Labute approximate surface area is 121 Å². The molecular weight excluding hydrogens is 272 g/mol. The quantitative estimate of drug-likeness (QED) is 0.879. The number of phenols is 1. The van der Waals surface area contributed by atoms with Gasteiger partial charge in [-0.15, -0.1) is 0 Å². The molecule has 0 saturated heterocycles. The number of hydrogen-bond donors (Lipinski definition) is 1. The van der Waals surface area contributed by atoms with Crippen LogP contribution in [0.4, 0.5) is 0 Å². The molecule has 1 aliphatic heterocycles. The van der Waals surface area contributed by atoms with Crippen LogP contribution in [0.2, 0.25) is 0 Å². The monoisotopic (exact) mass is 286 g/mol. The lowest BCUT2D eigenvalue weighted by molar-refractivity contribution is 0.0469. The second-order valence-electron chi connectivity index (χ2n) is 4.78. The van der Waals surface area contributed by atoms with E-state index >= 15 is 0 Å². The first kappa shape index (κ1) is 13.3. The highest BCUT2D eigenvalue weighted by atomic mass is 16.7. The number of ether oxygens (including phenoxy) is 3. The Morgan fingerprint density at radius 3 is 2.81 bits per heavy atom. The third-order valence-corrected chi connectivity index (χ3v) is 3.18. The minimum Gasteiger partial charge on any atom is -0.507 e. The van der Waals surface area contributed by atoms with E-state index in [0.717, 1.165) is 11.1 Å². The third-order valence-electron chi connectivity index (χ3n) is 3.18. The molecule has 0 fully saturated rings. The molecule has 3 rings (SSSR count). The van der Waals surface area contributed by atoms with Crippen LogP contribution in [-0.4, -0.2) is 17.9 Å². The lowest BCUT2D eigenvalue weighted by atomic mass is 10.1. The lowest BCUT2D eigenvalue weighted by Gasteiger charge is -2.07. The number of benzene rings is 2. The smallest absolute Gasteiger partial charge is 0.342 e. The molecule has 0 aliphatic carbocycles. The summed E-state index contributed by atoms with van der Waals surface area (Å²) in [4.78, 5) is 11.9. The van der Waals surface area contributed by atoms with Gasteiger partial charge in [0.2, 0.25) is 6.79 Å². The van der Waals surface area contributed by atoms with Gasteiger partial charge in [-0.3, -0.25) is 0 Å². The Kier molecular flexibility index (Phi) is 3.39. The van der Waals surface area contributed by atoms with Gasteiger partial charge in [0, 0.05) is 0 Å². The van der Waals surface area contributed by atoms with Crippen molar-refractivity contribution in [2.45, 2.75) is 13.5 Å². The Hall–Kier alpha value is -2.69. The predicted molar refractivity (Wildman–Crippen MR) is 74.5 cm³/mol. The van der Waals surface area contributed by atoms with Crippen LogP contribution < -0.4 is 9.47 Å². The van der Waals surface area contributed by atoms with Crippen LogP contribution in [-0.2, 0) is 11.3 Å². The summed E-state index contributed by atoms with van der Waals surface area (Å²) < 4.78 is 15.7. The molecular formula is C16H14O5. The molecule has 0 amide bonds. The standard InChI is InChI=1S/C16H14O5/c1-10-2-4-12(13(17)6-10)16(18)19-8-11-3-5-14-15(7-11)21-9-20-14/h2-7,17H,8-9H2,1H3. The van der Waals surface area contributed by atoms with Crippen molar-refractivity contribution in [1.29, 1.82) is 0 Å². The van der Waals surface area contributed by atoms with E-state index in [1.54, 1.807) is 30.3 Å². The van der Waals surface area contributed by atoms with Crippen LogP contribution in [0.15, 0.2) is 36.4 Å². The maximum Gasteiger partial charge on any atom is 0.342 e. The van der Waals surface area contributed by atoms with E-state index in [1.165, 1.54) is 6.07 Å². The van der Waals surface area contributed by atoms with Crippen molar-refractivity contribution >= 4 is 5.97 Å². The molecule has 108 valence electrons. The number of carbonyl (C=O) groups excluding carboxylic acids is 1.